The third kappa shape index (κ3) is 2.07. The smallest absolute Gasteiger partial charge is 0.121 e. The van der Waals surface area contributed by atoms with Gasteiger partial charge < -0.3 is 0 Å². The molecule has 3 nitrogen and oxygen atoms in total. The molecule has 3 aromatic carbocycles. The average molecular weight is 285 g/mol. The van der Waals surface area contributed by atoms with Crippen LogP contribution in [0.2, 0.25) is 0 Å². The van der Waals surface area contributed by atoms with Crippen molar-refractivity contribution >= 4 is 10.8 Å². The van der Waals surface area contributed by atoms with E-state index in [0.29, 0.717) is 0 Å². The molecular formula is C19H15N3. The molecule has 0 saturated carbocycles. The molecule has 0 bridgehead atoms. The van der Waals surface area contributed by atoms with Gasteiger partial charge in [0.25, 0.3) is 0 Å². The SMILES string of the molecule is Cc1ccc(-c2n[nH]nc2-c2cccc3ccccc23)cc1. The van der Waals surface area contributed by atoms with Gasteiger partial charge in [-0.2, -0.15) is 15.4 Å². The summed E-state index contributed by atoms with van der Waals surface area (Å²) in [6, 6.07) is 23.0. The molecule has 0 radical (unpaired) electrons. The van der Waals surface area contributed by atoms with Crippen LogP contribution in [0, 0.1) is 6.92 Å². The van der Waals surface area contributed by atoms with Crippen molar-refractivity contribution in [3.8, 4) is 22.5 Å². The molecule has 0 aliphatic heterocycles. The quantitative estimate of drug-likeness (QED) is 0.584. The number of rotatable bonds is 2. The maximum atomic E-state index is 4.40. The Morgan fingerprint density at radius 3 is 2.32 bits per heavy atom. The summed E-state index contributed by atoms with van der Waals surface area (Å²) in [5.41, 5.74) is 5.18. The first-order chi connectivity index (χ1) is 10.8. The van der Waals surface area contributed by atoms with E-state index in [-0.39, 0.29) is 0 Å². The van der Waals surface area contributed by atoms with Crippen molar-refractivity contribution in [2.45, 2.75) is 6.92 Å². The van der Waals surface area contributed by atoms with E-state index in [2.05, 4.69) is 89.1 Å². The Morgan fingerprint density at radius 2 is 1.45 bits per heavy atom. The Labute approximate surface area is 128 Å². The molecule has 4 aromatic rings. The Morgan fingerprint density at radius 1 is 0.727 bits per heavy atom. The molecule has 0 atom stereocenters. The van der Waals surface area contributed by atoms with Crippen LogP contribution in [0.1, 0.15) is 5.56 Å². The van der Waals surface area contributed by atoms with Crippen LogP contribution in [0.15, 0.2) is 66.7 Å². The Hall–Kier alpha value is -2.94. The first-order valence-corrected chi connectivity index (χ1v) is 7.29. The van der Waals surface area contributed by atoms with E-state index in [9.17, 15) is 0 Å². The van der Waals surface area contributed by atoms with E-state index in [1.807, 2.05) is 0 Å². The number of aromatic nitrogens is 3. The molecule has 0 fully saturated rings. The lowest BCUT2D eigenvalue weighted by Crippen LogP contribution is -1.86. The van der Waals surface area contributed by atoms with Crippen LogP contribution < -0.4 is 0 Å². The summed E-state index contributed by atoms with van der Waals surface area (Å²) in [5, 5.41) is 13.9. The highest BCUT2D eigenvalue weighted by Gasteiger charge is 2.14. The third-order valence-electron chi connectivity index (χ3n) is 3.92. The molecule has 0 saturated heterocycles. The van der Waals surface area contributed by atoms with Gasteiger partial charge in [0, 0.05) is 11.1 Å². The van der Waals surface area contributed by atoms with Gasteiger partial charge in [-0.05, 0) is 17.7 Å². The number of aromatic amines is 1. The number of nitrogens with one attached hydrogen (secondary N) is 1. The van der Waals surface area contributed by atoms with E-state index in [1.54, 1.807) is 0 Å². The first-order valence-electron chi connectivity index (χ1n) is 7.29. The highest BCUT2D eigenvalue weighted by atomic mass is 15.3. The molecule has 0 aliphatic carbocycles. The van der Waals surface area contributed by atoms with Gasteiger partial charge in [0.15, 0.2) is 0 Å². The highest BCUT2D eigenvalue weighted by Crippen LogP contribution is 2.33. The van der Waals surface area contributed by atoms with E-state index in [4.69, 9.17) is 0 Å². The molecule has 22 heavy (non-hydrogen) atoms. The minimum absolute atomic E-state index is 0.886. The minimum atomic E-state index is 0.886. The fourth-order valence-corrected chi connectivity index (χ4v) is 2.76. The maximum Gasteiger partial charge on any atom is 0.121 e. The molecule has 4 rings (SSSR count). The number of nitrogens with zero attached hydrogens (tertiary/aromatic N) is 2. The molecule has 106 valence electrons. The monoisotopic (exact) mass is 285 g/mol. The van der Waals surface area contributed by atoms with Crippen LogP contribution in [-0.4, -0.2) is 15.4 Å². The molecular weight excluding hydrogens is 270 g/mol. The van der Waals surface area contributed by atoms with Crippen molar-refractivity contribution in [2.75, 3.05) is 0 Å². The summed E-state index contributed by atoms with van der Waals surface area (Å²) in [6.45, 7) is 2.08. The third-order valence-corrected chi connectivity index (χ3v) is 3.92. The largest absolute Gasteiger partial charge is 0.197 e. The zero-order valence-electron chi connectivity index (χ0n) is 12.2. The van der Waals surface area contributed by atoms with Crippen LogP contribution in [0.4, 0.5) is 0 Å². The van der Waals surface area contributed by atoms with E-state index >= 15 is 0 Å². The van der Waals surface area contributed by atoms with Crippen molar-refractivity contribution in [3.05, 3.63) is 72.3 Å². The number of benzene rings is 3. The lowest BCUT2D eigenvalue weighted by Gasteiger charge is -2.06. The van der Waals surface area contributed by atoms with Crippen LogP contribution in [0.3, 0.4) is 0 Å². The summed E-state index contributed by atoms with van der Waals surface area (Å²) in [7, 11) is 0. The normalized spacial score (nSPS) is 11.0. The van der Waals surface area contributed by atoms with Gasteiger partial charge >= 0.3 is 0 Å². The lowest BCUT2D eigenvalue weighted by molar-refractivity contribution is 0.944. The molecule has 1 aromatic heterocycles. The summed E-state index contributed by atoms with van der Waals surface area (Å²) in [6.07, 6.45) is 0. The van der Waals surface area contributed by atoms with E-state index < -0.39 is 0 Å². The molecule has 3 heteroatoms. The average Bonchev–Trinajstić information content (AvgIpc) is 3.04. The highest BCUT2D eigenvalue weighted by molar-refractivity contribution is 5.98. The minimum Gasteiger partial charge on any atom is -0.197 e. The van der Waals surface area contributed by atoms with Crippen LogP contribution in [0.25, 0.3) is 33.3 Å². The fourth-order valence-electron chi connectivity index (χ4n) is 2.76. The van der Waals surface area contributed by atoms with Crippen molar-refractivity contribution in [1.82, 2.24) is 15.4 Å². The van der Waals surface area contributed by atoms with Gasteiger partial charge in [-0.25, -0.2) is 0 Å². The fraction of sp³-hybridized carbons (Fsp3) is 0.0526. The van der Waals surface area contributed by atoms with Gasteiger partial charge in [-0.3, -0.25) is 0 Å². The predicted molar refractivity (Wildman–Crippen MR) is 89.5 cm³/mol. The number of fused-ring (bicyclic) bond motifs is 1. The standard InChI is InChI=1S/C19H15N3/c1-13-9-11-15(12-10-13)18-19(21-22-20-18)17-8-4-6-14-5-2-3-7-16(14)17/h2-12H,1H3,(H,20,21,22). The van der Waals surface area contributed by atoms with Gasteiger partial charge in [0.1, 0.15) is 11.4 Å². The van der Waals surface area contributed by atoms with E-state index in [0.717, 1.165) is 22.5 Å². The zero-order chi connectivity index (χ0) is 14.9. The van der Waals surface area contributed by atoms with Gasteiger partial charge in [-0.1, -0.05) is 72.3 Å². The molecule has 1 N–H and O–H groups in total. The number of hydrogen-bond acceptors (Lipinski definition) is 2. The second kappa shape index (κ2) is 5.11. The van der Waals surface area contributed by atoms with Crippen molar-refractivity contribution in [2.24, 2.45) is 0 Å². The molecule has 0 aliphatic rings. The maximum absolute atomic E-state index is 4.40. The number of H-pyrrole nitrogens is 1. The molecule has 0 spiro atoms. The summed E-state index contributed by atoms with van der Waals surface area (Å²) >= 11 is 0. The summed E-state index contributed by atoms with van der Waals surface area (Å²) in [4.78, 5) is 0. The summed E-state index contributed by atoms with van der Waals surface area (Å²) in [5.74, 6) is 0. The van der Waals surface area contributed by atoms with Crippen LogP contribution in [-0.2, 0) is 0 Å². The first kappa shape index (κ1) is 12.8. The van der Waals surface area contributed by atoms with Gasteiger partial charge in [-0.15, -0.1) is 0 Å². The second-order valence-corrected chi connectivity index (χ2v) is 5.41. The van der Waals surface area contributed by atoms with Crippen molar-refractivity contribution in [3.63, 3.8) is 0 Å². The predicted octanol–water partition coefficient (Wildman–Crippen LogP) is 4.60. The van der Waals surface area contributed by atoms with Crippen molar-refractivity contribution in [1.29, 1.82) is 0 Å². The van der Waals surface area contributed by atoms with Crippen LogP contribution >= 0.6 is 0 Å². The van der Waals surface area contributed by atoms with Crippen molar-refractivity contribution < 1.29 is 0 Å². The molecule has 0 unspecified atom stereocenters. The number of aryl methyl sites for hydroxylation is 1. The van der Waals surface area contributed by atoms with Crippen LogP contribution in [0.5, 0.6) is 0 Å². The second-order valence-electron chi connectivity index (χ2n) is 5.41. The number of hydrogen-bond donors (Lipinski definition) is 1. The summed E-state index contributed by atoms with van der Waals surface area (Å²) < 4.78 is 0. The Kier molecular flexibility index (Phi) is 2.97. The van der Waals surface area contributed by atoms with Gasteiger partial charge in [0.05, 0.1) is 0 Å². The van der Waals surface area contributed by atoms with E-state index in [1.165, 1.54) is 16.3 Å². The van der Waals surface area contributed by atoms with Gasteiger partial charge in [0.2, 0.25) is 0 Å². The Bertz CT molecular complexity index is 931. The topological polar surface area (TPSA) is 41.6 Å². The zero-order valence-corrected chi connectivity index (χ0v) is 12.2. The Balaban J connectivity index is 1.94. The molecule has 1 heterocycles. The molecule has 0 amide bonds. The lowest BCUT2D eigenvalue weighted by atomic mass is 9.99.